The lowest BCUT2D eigenvalue weighted by molar-refractivity contribution is -0.142. The van der Waals surface area contributed by atoms with E-state index in [2.05, 4.69) is 0 Å². The SMILES string of the molecule is CCOC(=O)Cc1cccc(B(O)O)c1. The maximum Gasteiger partial charge on any atom is 0.488 e. The van der Waals surface area contributed by atoms with Crippen LogP contribution in [-0.2, 0) is 16.0 Å². The van der Waals surface area contributed by atoms with Crippen molar-refractivity contribution < 1.29 is 19.6 Å². The van der Waals surface area contributed by atoms with E-state index < -0.39 is 7.12 Å². The molecule has 15 heavy (non-hydrogen) atoms. The minimum atomic E-state index is -1.51. The predicted octanol–water partition coefficient (Wildman–Crippen LogP) is -0.528. The molecule has 80 valence electrons. The Labute approximate surface area is 88.6 Å². The summed E-state index contributed by atoms with van der Waals surface area (Å²) in [6.45, 7) is 2.09. The zero-order valence-electron chi connectivity index (χ0n) is 8.51. The van der Waals surface area contributed by atoms with Crippen LogP contribution in [0.5, 0.6) is 0 Å². The van der Waals surface area contributed by atoms with Crippen molar-refractivity contribution in [1.29, 1.82) is 0 Å². The van der Waals surface area contributed by atoms with Crippen LogP contribution in [0.4, 0.5) is 0 Å². The van der Waals surface area contributed by atoms with Gasteiger partial charge in [-0.2, -0.15) is 0 Å². The van der Waals surface area contributed by atoms with Crippen molar-refractivity contribution in [2.75, 3.05) is 6.61 Å². The van der Waals surface area contributed by atoms with Crippen molar-refractivity contribution in [3.05, 3.63) is 29.8 Å². The van der Waals surface area contributed by atoms with Crippen LogP contribution in [0.3, 0.4) is 0 Å². The topological polar surface area (TPSA) is 66.8 Å². The van der Waals surface area contributed by atoms with Crippen LogP contribution in [0, 0.1) is 0 Å². The van der Waals surface area contributed by atoms with Crippen LogP contribution in [0.1, 0.15) is 12.5 Å². The fourth-order valence-electron chi connectivity index (χ4n) is 1.24. The van der Waals surface area contributed by atoms with E-state index in [9.17, 15) is 4.79 Å². The molecule has 0 fully saturated rings. The zero-order valence-corrected chi connectivity index (χ0v) is 8.51. The lowest BCUT2D eigenvalue weighted by Gasteiger charge is -2.04. The average Bonchev–Trinajstić information content (AvgIpc) is 2.18. The molecule has 0 bridgehead atoms. The fourth-order valence-corrected chi connectivity index (χ4v) is 1.24. The summed E-state index contributed by atoms with van der Waals surface area (Å²) < 4.78 is 4.78. The first-order valence-corrected chi connectivity index (χ1v) is 4.74. The number of esters is 1. The number of hydrogen-bond acceptors (Lipinski definition) is 4. The first kappa shape index (κ1) is 11.7. The molecule has 0 spiro atoms. The van der Waals surface area contributed by atoms with Crippen LogP contribution < -0.4 is 5.46 Å². The molecule has 1 rings (SSSR count). The van der Waals surface area contributed by atoms with Crippen LogP contribution in [-0.4, -0.2) is 29.7 Å². The summed E-state index contributed by atoms with van der Waals surface area (Å²) >= 11 is 0. The van der Waals surface area contributed by atoms with Gasteiger partial charge >= 0.3 is 13.1 Å². The van der Waals surface area contributed by atoms with E-state index >= 15 is 0 Å². The molecule has 5 heteroatoms. The van der Waals surface area contributed by atoms with Gasteiger partial charge in [-0.05, 0) is 17.9 Å². The van der Waals surface area contributed by atoms with Gasteiger partial charge < -0.3 is 14.8 Å². The van der Waals surface area contributed by atoms with Gasteiger partial charge in [0.2, 0.25) is 0 Å². The maximum absolute atomic E-state index is 11.1. The second-order valence-corrected chi connectivity index (χ2v) is 3.10. The van der Waals surface area contributed by atoms with Gasteiger partial charge in [-0.25, -0.2) is 0 Å². The van der Waals surface area contributed by atoms with Gasteiger partial charge in [0.25, 0.3) is 0 Å². The molecule has 4 nitrogen and oxygen atoms in total. The molecule has 0 aliphatic heterocycles. The molecule has 0 aliphatic rings. The van der Waals surface area contributed by atoms with Gasteiger partial charge in [0.1, 0.15) is 0 Å². The molecule has 0 saturated heterocycles. The summed E-state index contributed by atoms with van der Waals surface area (Å²) in [4.78, 5) is 11.1. The molecule has 0 heterocycles. The van der Waals surface area contributed by atoms with Crippen LogP contribution >= 0.6 is 0 Å². The summed E-state index contributed by atoms with van der Waals surface area (Å²) in [5.74, 6) is -0.318. The van der Waals surface area contributed by atoms with E-state index in [0.717, 1.165) is 0 Å². The van der Waals surface area contributed by atoms with E-state index in [0.29, 0.717) is 17.6 Å². The van der Waals surface area contributed by atoms with Gasteiger partial charge in [0.05, 0.1) is 13.0 Å². The van der Waals surface area contributed by atoms with Gasteiger partial charge in [0.15, 0.2) is 0 Å². The first-order valence-electron chi connectivity index (χ1n) is 4.74. The van der Waals surface area contributed by atoms with Crippen LogP contribution in [0.15, 0.2) is 24.3 Å². The average molecular weight is 208 g/mol. The number of carbonyl (C=O) groups is 1. The van der Waals surface area contributed by atoms with Gasteiger partial charge in [0, 0.05) is 0 Å². The third kappa shape index (κ3) is 3.73. The molecule has 0 saturated carbocycles. The van der Waals surface area contributed by atoms with Crippen molar-refractivity contribution in [3.8, 4) is 0 Å². The summed E-state index contributed by atoms with van der Waals surface area (Å²) in [7, 11) is -1.51. The van der Waals surface area contributed by atoms with Crippen molar-refractivity contribution in [1.82, 2.24) is 0 Å². The molecule has 0 aromatic heterocycles. The fraction of sp³-hybridized carbons (Fsp3) is 0.300. The molecule has 1 aromatic carbocycles. The monoisotopic (exact) mass is 208 g/mol. The van der Waals surface area contributed by atoms with E-state index in [-0.39, 0.29) is 12.4 Å². The molecule has 0 unspecified atom stereocenters. The minimum Gasteiger partial charge on any atom is -0.466 e. The first-order chi connectivity index (χ1) is 7.13. The minimum absolute atomic E-state index is 0.147. The predicted molar refractivity (Wildman–Crippen MR) is 56.6 cm³/mol. The number of benzene rings is 1. The van der Waals surface area contributed by atoms with Crippen LogP contribution in [0.25, 0.3) is 0 Å². The third-order valence-electron chi connectivity index (χ3n) is 1.90. The Bertz CT molecular complexity index is 338. The highest BCUT2D eigenvalue weighted by atomic mass is 16.5. The van der Waals surface area contributed by atoms with Crippen molar-refractivity contribution in [2.45, 2.75) is 13.3 Å². The third-order valence-corrected chi connectivity index (χ3v) is 1.90. The summed E-state index contributed by atoms with van der Waals surface area (Å²) in [5.41, 5.74) is 1.08. The second kappa shape index (κ2) is 5.53. The Morgan fingerprint density at radius 1 is 1.47 bits per heavy atom. The molecule has 0 aliphatic carbocycles. The standard InChI is InChI=1S/C10H13BO4/c1-2-15-10(12)7-8-4-3-5-9(6-8)11(13)14/h3-6,13-14H,2,7H2,1H3. The molecule has 0 radical (unpaired) electrons. The normalized spacial score (nSPS) is 9.80. The van der Waals surface area contributed by atoms with Gasteiger partial charge in [-0.1, -0.05) is 24.3 Å². The number of carbonyl (C=O) groups excluding carboxylic acids is 1. The second-order valence-electron chi connectivity index (χ2n) is 3.10. The van der Waals surface area contributed by atoms with Gasteiger partial charge in [-0.3, -0.25) is 4.79 Å². The number of rotatable bonds is 4. The van der Waals surface area contributed by atoms with E-state index in [4.69, 9.17) is 14.8 Å². The Kier molecular flexibility index (Phi) is 4.33. The molecular formula is C10H13BO4. The van der Waals surface area contributed by atoms with E-state index in [1.54, 1.807) is 31.2 Å². The largest absolute Gasteiger partial charge is 0.488 e. The highest BCUT2D eigenvalue weighted by Gasteiger charge is 2.12. The smallest absolute Gasteiger partial charge is 0.466 e. The lowest BCUT2D eigenvalue weighted by atomic mass is 9.79. The number of hydrogen-bond donors (Lipinski definition) is 2. The molecule has 2 N–H and O–H groups in total. The quantitative estimate of drug-likeness (QED) is 0.515. The summed E-state index contributed by atoms with van der Waals surface area (Å²) in [5, 5.41) is 17.9. The number of ether oxygens (including phenoxy) is 1. The van der Waals surface area contributed by atoms with Gasteiger partial charge in [-0.15, -0.1) is 0 Å². The van der Waals surface area contributed by atoms with Crippen molar-refractivity contribution in [3.63, 3.8) is 0 Å². The highest BCUT2D eigenvalue weighted by Crippen LogP contribution is 2.00. The molecular weight excluding hydrogens is 195 g/mol. The summed E-state index contributed by atoms with van der Waals surface area (Å²) in [6, 6.07) is 6.56. The highest BCUT2D eigenvalue weighted by molar-refractivity contribution is 6.58. The maximum atomic E-state index is 11.1. The molecule has 0 atom stereocenters. The van der Waals surface area contributed by atoms with Crippen molar-refractivity contribution in [2.24, 2.45) is 0 Å². The molecule has 0 amide bonds. The Balaban J connectivity index is 2.69. The van der Waals surface area contributed by atoms with E-state index in [1.165, 1.54) is 0 Å². The Morgan fingerprint density at radius 3 is 2.80 bits per heavy atom. The lowest BCUT2D eigenvalue weighted by Crippen LogP contribution is -2.30. The van der Waals surface area contributed by atoms with E-state index in [1.807, 2.05) is 0 Å². The molecule has 1 aromatic rings. The van der Waals surface area contributed by atoms with Crippen molar-refractivity contribution >= 4 is 18.6 Å². The van der Waals surface area contributed by atoms with Crippen LogP contribution in [0.2, 0.25) is 0 Å². The summed E-state index contributed by atoms with van der Waals surface area (Å²) in [6.07, 6.45) is 0.147. The Morgan fingerprint density at radius 2 is 2.20 bits per heavy atom. The Hall–Kier alpha value is -1.33. The zero-order chi connectivity index (χ0) is 11.3.